The number of rotatable bonds is 2. The molecule has 2 N–H and O–H groups in total. The van der Waals surface area contributed by atoms with E-state index < -0.39 is 0 Å². The smallest absolute Gasteiger partial charge is 0.172 e. The fourth-order valence-corrected chi connectivity index (χ4v) is 2.93. The Morgan fingerprint density at radius 1 is 1.44 bits per heavy atom. The molecule has 0 amide bonds. The molecule has 2 aromatic heterocycles. The van der Waals surface area contributed by atoms with Gasteiger partial charge in [0, 0.05) is 0 Å². The summed E-state index contributed by atoms with van der Waals surface area (Å²) in [5.41, 5.74) is 8.12. The quantitative estimate of drug-likeness (QED) is 0.850. The summed E-state index contributed by atoms with van der Waals surface area (Å²) in [5, 5.41) is 2.05. The van der Waals surface area contributed by atoms with E-state index in [1.807, 2.05) is 5.38 Å². The third-order valence-electron chi connectivity index (χ3n) is 2.35. The number of thiophene rings is 1. The highest BCUT2D eigenvalue weighted by atomic mass is 127. The van der Waals surface area contributed by atoms with Gasteiger partial charge in [-0.25, -0.2) is 9.97 Å². The van der Waals surface area contributed by atoms with Crippen molar-refractivity contribution < 1.29 is 0 Å². The van der Waals surface area contributed by atoms with E-state index in [1.54, 1.807) is 11.3 Å². The zero-order valence-corrected chi connectivity index (χ0v) is 12.1. The SMILES string of the molecule is CCc1nc(-c2sccc2C)nc(N)c1I. The Morgan fingerprint density at radius 3 is 2.75 bits per heavy atom. The van der Waals surface area contributed by atoms with E-state index in [0.717, 1.165) is 26.4 Å². The molecule has 0 spiro atoms. The summed E-state index contributed by atoms with van der Waals surface area (Å²) in [7, 11) is 0. The van der Waals surface area contributed by atoms with Gasteiger partial charge in [0.1, 0.15) is 5.82 Å². The van der Waals surface area contributed by atoms with E-state index in [4.69, 9.17) is 5.73 Å². The number of nitrogen functional groups attached to an aromatic ring is 1. The van der Waals surface area contributed by atoms with Crippen molar-refractivity contribution in [3.05, 3.63) is 26.3 Å². The summed E-state index contributed by atoms with van der Waals surface area (Å²) in [4.78, 5) is 10.0. The van der Waals surface area contributed by atoms with Crippen LogP contribution in [0.15, 0.2) is 11.4 Å². The van der Waals surface area contributed by atoms with Gasteiger partial charge < -0.3 is 5.73 Å². The van der Waals surface area contributed by atoms with Crippen LogP contribution in [0.25, 0.3) is 10.7 Å². The monoisotopic (exact) mass is 345 g/mol. The average Bonchev–Trinajstić information content (AvgIpc) is 2.68. The maximum Gasteiger partial charge on any atom is 0.172 e. The maximum atomic E-state index is 5.90. The molecule has 5 heteroatoms. The average molecular weight is 345 g/mol. The Kier molecular flexibility index (Phi) is 3.44. The first-order chi connectivity index (χ1) is 7.63. The van der Waals surface area contributed by atoms with Crippen LogP contribution in [0, 0.1) is 10.5 Å². The first kappa shape index (κ1) is 11.8. The first-order valence-electron chi connectivity index (χ1n) is 4.99. The predicted molar refractivity (Wildman–Crippen MR) is 76.6 cm³/mol. The fraction of sp³-hybridized carbons (Fsp3) is 0.273. The molecular weight excluding hydrogens is 333 g/mol. The molecule has 3 nitrogen and oxygen atoms in total. The zero-order chi connectivity index (χ0) is 11.7. The third kappa shape index (κ3) is 2.06. The van der Waals surface area contributed by atoms with Gasteiger partial charge in [0.05, 0.1) is 14.1 Å². The highest BCUT2D eigenvalue weighted by Gasteiger charge is 2.12. The Bertz CT molecular complexity index is 522. The van der Waals surface area contributed by atoms with Crippen molar-refractivity contribution in [2.24, 2.45) is 0 Å². The molecule has 16 heavy (non-hydrogen) atoms. The molecule has 0 aromatic carbocycles. The van der Waals surface area contributed by atoms with Crippen LogP contribution in [-0.4, -0.2) is 9.97 Å². The van der Waals surface area contributed by atoms with E-state index in [0.29, 0.717) is 5.82 Å². The summed E-state index contributed by atoms with van der Waals surface area (Å²) in [6.07, 6.45) is 0.877. The molecule has 0 bridgehead atoms. The number of nitrogens with zero attached hydrogens (tertiary/aromatic N) is 2. The molecule has 84 valence electrons. The van der Waals surface area contributed by atoms with E-state index in [2.05, 4.69) is 52.5 Å². The lowest BCUT2D eigenvalue weighted by molar-refractivity contribution is 0.995. The lowest BCUT2D eigenvalue weighted by Crippen LogP contribution is -2.04. The second-order valence-electron chi connectivity index (χ2n) is 3.48. The minimum absolute atomic E-state index is 0.579. The fourth-order valence-electron chi connectivity index (χ4n) is 1.45. The molecule has 2 heterocycles. The highest BCUT2D eigenvalue weighted by Crippen LogP contribution is 2.28. The van der Waals surface area contributed by atoms with Gasteiger partial charge >= 0.3 is 0 Å². The standard InChI is InChI=1S/C11H12IN3S/c1-3-7-8(12)10(13)15-11(14-7)9-6(2)4-5-16-9/h4-5H,3H2,1-2H3,(H2,13,14,15). The first-order valence-corrected chi connectivity index (χ1v) is 6.95. The van der Waals surface area contributed by atoms with Gasteiger partial charge in [0.15, 0.2) is 5.82 Å². The number of halogens is 1. The van der Waals surface area contributed by atoms with Crippen LogP contribution in [0.2, 0.25) is 0 Å². The molecule has 0 fully saturated rings. The summed E-state index contributed by atoms with van der Waals surface area (Å²) in [5.74, 6) is 1.33. The van der Waals surface area contributed by atoms with Crippen molar-refractivity contribution in [3.8, 4) is 10.7 Å². The van der Waals surface area contributed by atoms with Crippen LogP contribution < -0.4 is 5.73 Å². The summed E-state index contributed by atoms with van der Waals surface area (Å²) in [6, 6.07) is 2.07. The summed E-state index contributed by atoms with van der Waals surface area (Å²) >= 11 is 3.85. The number of hydrogen-bond acceptors (Lipinski definition) is 4. The van der Waals surface area contributed by atoms with Crippen LogP contribution in [0.1, 0.15) is 18.2 Å². The Balaban J connectivity index is 2.59. The largest absolute Gasteiger partial charge is 0.383 e. The van der Waals surface area contributed by atoms with Crippen LogP contribution >= 0.6 is 33.9 Å². The van der Waals surface area contributed by atoms with Gasteiger partial charge in [-0.15, -0.1) is 11.3 Å². The van der Waals surface area contributed by atoms with Gasteiger partial charge in [-0.2, -0.15) is 0 Å². The Morgan fingerprint density at radius 2 is 2.19 bits per heavy atom. The number of aromatic nitrogens is 2. The van der Waals surface area contributed by atoms with Crippen LogP contribution in [0.3, 0.4) is 0 Å². The maximum absolute atomic E-state index is 5.90. The molecule has 0 saturated carbocycles. The van der Waals surface area contributed by atoms with Crippen molar-refractivity contribution in [2.75, 3.05) is 5.73 Å². The van der Waals surface area contributed by atoms with Gasteiger partial charge in [0.25, 0.3) is 0 Å². The summed E-state index contributed by atoms with van der Waals surface area (Å²) < 4.78 is 0.970. The third-order valence-corrected chi connectivity index (χ3v) is 4.53. The molecule has 0 saturated heterocycles. The summed E-state index contributed by atoms with van der Waals surface area (Å²) in [6.45, 7) is 4.14. The van der Waals surface area contributed by atoms with Crippen molar-refractivity contribution in [3.63, 3.8) is 0 Å². The number of aryl methyl sites for hydroxylation is 2. The van der Waals surface area contributed by atoms with Gasteiger partial charge in [0.2, 0.25) is 0 Å². The molecule has 0 aliphatic rings. The van der Waals surface area contributed by atoms with E-state index in [-0.39, 0.29) is 0 Å². The molecule has 2 aromatic rings. The molecule has 0 aliphatic carbocycles. The van der Waals surface area contributed by atoms with Crippen LogP contribution in [0.4, 0.5) is 5.82 Å². The predicted octanol–water partition coefficient (Wildman–Crippen LogP) is 3.26. The van der Waals surface area contributed by atoms with Crippen molar-refractivity contribution in [2.45, 2.75) is 20.3 Å². The van der Waals surface area contributed by atoms with Gasteiger partial charge in [-0.05, 0) is 52.9 Å². The molecule has 0 radical (unpaired) electrons. The number of anilines is 1. The molecule has 0 aliphatic heterocycles. The van der Waals surface area contributed by atoms with Crippen LogP contribution in [0.5, 0.6) is 0 Å². The zero-order valence-electron chi connectivity index (χ0n) is 9.12. The number of hydrogen-bond donors (Lipinski definition) is 1. The van der Waals surface area contributed by atoms with Crippen molar-refractivity contribution in [1.29, 1.82) is 0 Å². The lowest BCUT2D eigenvalue weighted by atomic mass is 10.2. The minimum Gasteiger partial charge on any atom is -0.383 e. The normalized spacial score (nSPS) is 10.7. The topological polar surface area (TPSA) is 51.8 Å². The van der Waals surface area contributed by atoms with Crippen molar-refractivity contribution in [1.82, 2.24) is 9.97 Å². The van der Waals surface area contributed by atoms with E-state index >= 15 is 0 Å². The van der Waals surface area contributed by atoms with E-state index in [1.165, 1.54) is 5.56 Å². The Labute approximate surface area is 112 Å². The number of nitrogens with two attached hydrogens (primary N) is 1. The Hall–Kier alpha value is -0.690. The van der Waals surface area contributed by atoms with E-state index in [9.17, 15) is 0 Å². The second kappa shape index (κ2) is 4.67. The van der Waals surface area contributed by atoms with Crippen LogP contribution in [-0.2, 0) is 6.42 Å². The lowest BCUT2D eigenvalue weighted by Gasteiger charge is -2.06. The molecule has 0 unspecified atom stereocenters. The second-order valence-corrected chi connectivity index (χ2v) is 5.47. The molecule has 0 atom stereocenters. The highest BCUT2D eigenvalue weighted by molar-refractivity contribution is 14.1. The molecular formula is C11H12IN3S. The van der Waals surface area contributed by atoms with Gasteiger partial charge in [-0.3, -0.25) is 0 Å². The molecule has 2 rings (SSSR count). The van der Waals surface area contributed by atoms with Crippen molar-refractivity contribution >= 4 is 39.7 Å². The van der Waals surface area contributed by atoms with Gasteiger partial charge in [-0.1, -0.05) is 6.92 Å². The minimum atomic E-state index is 0.579.